The fourth-order valence-electron chi connectivity index (χ4n) is 3.55. The number of aliphatic hydroxyl groups is 1. The fourth-order valence-corrected chi connectivity index (χ4v) is 4.19. The summed E-state index contributed by atoms with van der Waals surface area (Å²) >= 11 is 12.4. The molecule has 170 valence electrons. The Hall–Kier alpha value is -2.74. The second kappa shape index (κ2) is 9.81. The third-order valence-electron chi connectivity index (χ3n) is 5.01. The van der Waals surface area contributed by atoms with E-state index in [1.165, 1.54) is 36.3 Å². The smallest absolute Gasteiger partial charge is 0.295 e. The van der Waals surface area contributed by atoms with Crippen molar-refractivity contribution in [1.29, 1.82) is 0 Å². The Morgan fingerprint density at radius 3 is 2.25 bits per heavy atom. The molecular formula is C23H23Cl2NO6. The first-order valence-electron chi connectivity index (χ1n) is 9.88. The molecule has 32 heavy (non-hydrogen) atoms. The lowest BCUT2D eigenvalue weighted by Gasteiger charge is -2.25. The summed E-state index contributed by atoms with van der Waals surface area (Å²) in [5.41, 5.74) is 0.599. The van der Waals surface area contributed by atoms with Crippen molar-refractivity contribution in [2.75, 3.05) is 20.3 Å². The van der Waals surface area contributed by atoms with Crippen LogP contribution in [-0.2, 0) is 14.3 Å². The van der Waals surface area contributed by atoms with Gasteiger partial charge in [0.2, 0.25) is 0 Å². The van der Waals surface area contributed by atoms with Crippen molar-refractivity contribution in [1.82, 2.24) is 4.90 Å². The van der Waals surface area contributed by atoms with E-state index >= 15 is 0 Å². The van der Waals surface area contributed by atoms with Crippen molar-refractivity contribution >= 4 is 40.7 Å². The molecule has 1 aliphatic rings. The van der Waals surface area contributed by atoms with Gasteiger partial charge >= 0.3 is 0 Å². The minimum absolute atomic E-state index is 0.0301. The number of ketones is 1. The monoisotopic (exact) mass is 479 g/mol. The number of benzene rings is 2. The van der Waals surface area contributed by atoms with E-state index in [0.29, 0.717) is 5.56 Å². The van der Waals surface area contributed by atoms with Gasteiger partial charge in [0, 0.05) is 12.1 Å². The van der Waals surface area contributed by atoms with E-state index in [-0.39, 0.29) is 51.9 Å². The Morgan fingerprint density at radius 2 is 1.72 bits per heavy atom. The standard InChI is InChI=1S/C23H23Cl2NO6/c1-12(2)32-9-8-26-19(13-4-6-15(27)7-5-13)18(21(29)23(26)30)20(28)14-10-16(24)22(31-3)17(25)11-14/h4-7,10-12,19,27-28H,8-9H2,1-3H3/b20-18+. The molecule has 2 aromatic rings. The Bertz CT molecular complexity index is 1040. The number of hydrogen-bond donors (Lipinski definition) is 2. The van der Waals surface area contributed by atoms with Crippen molar-refractivity contribution < 1.29 is 29.3 Å². The molecule has 7 nitrogen and oxygen atoms in total. The Balaban J connectivity index is 2.13. The van der Waals surface area contributed by atoms with Crippen LogP contribution < -0.4 is 4.74 Å². The van der Waals surface area contributed by atoms with Crippen LogP contribution in [0.1, 0.15) is 31.0 Å². The maximum absolute atomic E-state index is 13.0. The normalized spacial score (nSPS) is 17.9. The van der Waals surface area contributed by atoms with Crippen LogP contribution in [0.4, 0.5) is 0 Å². The van der Waals surface area contributed by atoms with Gasteiger partial charge in [0.1, 0.15) is 11.5 Å². The van der Waals surface area contributed by atoms with E-state index in [1.807, 2.05) is 13.8 Å². The molecule has 2 aromatic carbocycles. The molecule has 0 saturated carbocycles. The molecule has 0 aromatic heterocycles. The zero-order valence-corrected chi connectivity index (χ0v) is 19.3. The average molecular weight is 480 g/mol. The number of hydrogen-bond acceptors (Lipinski definition) is 6. The van der Waals surface area contributed by atoms with Crippen LogP contribution in [0.25, 0.3) is 5.76 Å². The van der Waals surface area contributed by atoms with Gasteiger partial charge < -0.3 is 24.6 Å². The van der Waals surface area contributed by atoms with Crippen LogP contribution in [0.5, 0.6) is 11.5 Å². The highest BCUT2D eigenvalue weighted by Gasteiger charge is 2.46. The Kier molecular flexibility index (Phi) is 7.33. The summed E-state index contributed by atoms with van der Waals surface area (Å²) in [5, 5.41) is 21.0. The predicted molar refractivity (Wildman–Crippen MR) is 121 cm³/mol. The topological polar surface area (TPSA) is 96.3 Å². The van der Waals surface area contributed by atoms with Gasteiger partial charge in [-0.15, -0.1) is 0 Å². The maximum Gasteiger partial charge on any atom is 0.295 e. The molecule has 9 heteroatoms. The first kappa shape index (κ1) is 23.9. The Labute approximate surface area is 195 Å². The number of phenols is 1. The highest BCUT2D eigenvalue weighted by Crippen LogP contribution is 2.42. The quantitative estimate of drug-likeness (QED) is 0.343. The van der Waals surface area contributed by atoms with Gasteiger partial charge in [-0.2, -0.15) is 0 Å². The van der Waals surface area contributed by atoms with E-state index in [1.54, 1.807) is 12.1 Å². The molecule has 0 spiro atoms. The van der Waals surface area contributed by atoms with Crippen molar-refractivity contribution in [3.8, 4) is 11.5 Å². The minimum Gasteiger partial charge on any atom is -0.508 e. The first-order valence-corrected chi connectivity index (χ1v) is 10.6. The van der Waals surface area contributed by atoms with Crippen molar-refractivity contribution in [2.45, 2.75) is 26.0 Å². The van der Waals surface area contributed by atoms with Crippen LogP contribution in [-0.4, -0.2) is 53.2 Å². The van der Waals surface area contributed by atoms with Gasteiger partial charge in [0.15, 0.2) is 5.75 Å². The summed E-state index contributed by atoms with van der Waals surface area (Å²) in [4.78, 5) is 27.2. The average Bonchev–Trinajstić information content (AvgIpc) is 2.98. The second-order valence-electron chi connectivity index (χ2n) is 7.48. The molecule has 0 radical (unpaired) electrons. The van der Waals surface area contributed by atoms with Gasteiger partial charge in [-0.3, -0.25) is 9.59 Å². The largest absolute Gasteiger partial charge is 0.508 e. The number of likely N-dealkylation sites (tertiary alicyclic amines) is 1. The third-order valence-corrected chi connectivity index (χ3v) is 5.57. The van der Waals surface area contributed by atoms with Crippen LogP contribution in [0.3, 0.4) is 0 Å². The number of amides is 1. The molecule has 1 amide bonds. The van der Waals surface area contributed by atoms with Gasteiger partial charge in [-0.05, 0) is 43.7 Å². The van der Waals surface area contributed by atoms with Crippen molar-refractivity contribution in [2.24, 2.45) is 0 Å². The fraction of sp³-hybridized carbons (Fsp3) is 0.304. The van der Waals surface area contributed by atoms with Gasteiger partial charge in [-0.1, -0.05) is 35.3 Å². The van der Waals surface area contributed by atoms with E-state index < -0.39 is 23.5 Å². The zero-order valence-electron chi connectivity index (χ0n) is 17.8. The van der Waals surface area contributed by atoms with Crippen LogP contribution >= 0.6 is 23.2 Å². The SMILES string of the molecule is COc1c(Cl)cc(/C(O)=C2\C(=O)C(=O)N(CCOC(C)C)C2c2ccc(O)cc2)cc1Cl. The minimum atomic E-state index is -0.883. The van der Waals surface area contributed by atoms with E-state index in [4.69, 9.17) is 32.7 Å². The number of halogens is 2. The van der Waals surface area contributed by atoms with Crippen molar-refractivity contribution in [3.63, 3.8) is 0 Å². The summed E-state index contributed by atoms with van der Waals surface area (Å²) in [6.45, 7) is 4.07. The first-order chi connectivity index (χ1) is 15.1. The summed E-state index contributed by atoms with van der Waals surface area (Å²) in [6.07, 6.45) is -0.0532. The number of methoxy groups -OCH3 is 1. The molecule has 1 aliphatic heterocycles. The predicted octanol–water partition coefficient (Wildman–Crippen LogP) is 4.55. The van der Waals surface area contributed by atoms with E-state index in [0.717, 1.165) is 0 Å². The molecule has 3 rings (SSSR count). The molecule has 1 unspecified atom stereocenters. The highest BCUT2D eigenvalue weighted by molar-refractivity contribution is 6.46. The lowest BCUT2D eigenvalue weighted by molar-refractivity contribution is -0.140. The number of Topliss-reactive ketones (excluding diaryl/α,β-unsaturated/α-hetero) is 1. The van der Waals surface area contributed by atoms with E-state index in [2.05, 4.69) is 0 Å². The number of nitrogens with zero attached hydrogens (tertiary/aromatic N) is 1. The van der Waals surface area contributed by atoms with Crippen LogP contribution in [0.2, 0.25) is 10.0 Å². The number of aromatic hydroxyl groups is 1. The number of carbonyl (C=O) groups is 2. The highest BCUT2D eigenvalue weighted by atomic mass is 35.5. The van der Waals surface area contributed by atoms with E-state index in [9.17, 15) is 19.8 Å². The van der Waals surface area contributed by atoms with Gasteiger partial charge in [-0.25, -0.2) is 0 Å². The van der Waals surface area contributed by atoms with Crippen LogP contribution in [0.15, 0.2) is 42.0 Å². The number of phenolic OH excluding ortho intramolecular Hbond substituents is 1. The van der Waals surface area contributed by atoms with Crippen molar-refractivity contribution in [3.05, 3.63) is 63.1 Å². The summed E-state index contributed by atoms with van der Waals surface area (Å²) in [7, 11) is 1.40. The molecule has 0 bridgehead atoms. The number of carbonyl (C=O) groups excluding carboxylic acids is 2. The Morgan fingerprint density at radius 1 is 1.12 bits per heavy atom. The summed E-state index contributed by atoms with van der Waals surface area (Å²) < 4.78 is 10.7. The summed E-state index contributed by atoms with van der Waals surface area (Å²) in [6, 6.07) is 8.00. The lowest BCUT2D eigenvalue weighted by Crippen LogP contribution is -2.33. The van der Waals surface area contributed by atoms with Gasteiger partial charge in [0.05, 0.1) is 41.5 Å². The second-order valence-corrected chi connectivity index (χ2v) is 8.29. The maximum atomic E-state index is 13.0. The zero-order chi connectivity index (χ0) is 23.6. The molecule has 0 aliphatic carbocycles. The molecule has 1 fully saturated rings. The molecule has 1 atom stereocenters. The molecule has 2 N–H and O–H groups in total. The van der Waals surface area contributed by atoms with Gasteiger partial charge in [0.25, 0.3) is 11.7 Å². The number of ether oxygens (including phenoxy) is 2. The summed E-state index contributed by atoms with van der Waals surface area (Å²) in [5.74, 6) is -1.76. The lowest BCUT2D eigenvalue weighted by atomic mass is 9.95. The molecular weight excluding hydrogens is 457 g/mol. The van der Waals surface area contributed by atoms with Crippen LogP contribution in [0, 0.1) is 0 Å². The number of rotatable bonds is 7. The molecule has 1 heterocycles. The number of aliphatic hydroxyl groups excluding tert-OH is 1. The third kappa shape index (κ3) is 4.70. The molecule has 1 saturated heterocycles.